The Hall–Kier alpha value is -4.30. The molecule has 0 radical (unpaired) electrons. The highest BCUT2D eigenvalue weighted by molar-refractivity contribution is 7.98. The van der Waals surface area contributed by atoms with Crippen LogP contribution >= 0.6 is 11.8 Å². The predicted octanol–water partition coefficient (Wildman–Crippen LogP) is 5.72. The number of aromatic nitrogens is 3. The maximum absolute atomic E-state index is 12.7. The van der Waals surface area contributed by atoms with E-state index in [-0.39, 0.29) is 5.91 Å². The minimum atomic E-state index is -0.111. The van der Waals surface area contributed by atoms with Gasteiger partial charge in [-0.25, -0.2) is 4.98 Å². The van der Waals surface area contributed by atoms with Gasteiger partial charge in [-0.15, -0.1) is 0 Å². The van der Waals surface area contributed by atoms with Gasteiger partial charge in [-0.2, -0.15) is 0 Å². The number of thioether (sulfide) groups is 1. The number of carbonyl (C=O) groups excluding carboxylic acids is 1. The van der Waals surface area contributed by atoms with Gasteiger partial charge in [-0.3, -0.25) is 9.78 Å². The minimum Gasteiger partial charge on any atom is -0.497 e. The number of imidazole rings is 1. The molecule has 0 aliphatic rings. The highest BCUT2D eigenvalue weighted by Crippen LogP contribution is 2.28. The van der Waals surface area contributed by atoms with E-state index in [1.54, 1.807) is 32.2 Å². The summed E-state index contributed by atoms with van der Waals surface area (Å²) in [5.41, 5.74) is 5.78. The third-order valence-electron chi connectivity index (χ3n) is 6.21. The number of ether oxygens (including phenoxy) is 2. The van der Waals surface area contributed by atoms with E-state index >= 15 is 0 Å². The zero-order chi connectivity index (χ0) is 26.3. The summed E-state index contributed by atoms with van der Waals surface area (Å²) >= 11 is 1.68. The van der Waals surface area contributed by atoms with Crippen LogP contribution in [-0.2, 0) is 18.8 Å². The molecule has 192 valence electrons. The van der Waals surface area contributed by atoms with Crippen LogP contribution in [0.15, 0.2) is 96.4 Å². The summed E-state index contributed by atoms with van der Waals surface area (Å²) in [6, 6.07) is 25.4. The predicted molar refractivity (Wildman–Crippen MR) is 150 cm³/mol. The summed E-state index contributed by atoms with van der Waals surface area (Å²) in [5.74, 6) is 2.31. The normalized spacial score (nSPS) is 10.9. The maximum Gasteiger partial charge on any atom is 0.251 e. The van der Waals surface area contributed by atoms with Gasteiger partial charge in [0.25, 0.3) is 5.91 Å². The van der Waals surface area contributed by atoms with Crippen molar-refractivity contribution in [2.75, 3.05) is 14.2 Å². The van der Waals surface area contributed by atoms with Crippen molar-refractivity contribution in [1.29, 1.82) is 0 Å². The molecule has 2 heterocycles. The first-order valence-electron chi connectivity index (χ1n) is 12.2. The van der Waals surface area contributed by atoms with Crippen LogP contribution in [0.4, 0.5) is 0 Å². The Labute approximate surface area is 225 Å². The molecule has 8 heteroatoms. The lowest BCUT2D eigenvalue weighted by Crippen LogP contribution is -2.22. The molecule has 1 amide bonds. The summed E-state index contributed by atoms with van der Waals surface area (Å²) in [6.07, 6.45) is 3.61. The van der Waals surface area contributed by atoms with Crippen molar-refractivity contribution in [1.82, 2.24) is 19.9 Å². The first-order chi connectivity index (χ1) is 18.6. The Kier molecular flexibility index (Phi) is 7.89. The Balaban J connectivity index is 1.27. The monoisotopic (exact) mass is 524 g/mol. The summed E-state index contributed by atoms with van der Waals surface area (Å²) in [6.45, 7) is 1.08. The van der Waals surface area contributed by atoms with Crippen LogP contribution in [0, 0.1) is 0 Å². The molecule has 0 aliphatic heterocycles. The molecule has 0 fully saturated rings. The lowest BCUT2D eigenvalue weighted by molar-refractivity contribution is 0.0951. The van der Waals surface area contributed by atoms with Crippen molar-refractivity contribution in [3.05, 3.63) is 114 Å². The van der Waals surface area contributed by atoms with Gasteiger partial charge in [0.15, 0.2) is 5.16 Å². The van der Waals surface area contributed by atoms with E-state index in [9.17, 15) is 4.79 Å². The van der Waals surface area contributed by atoms with Crippen molar-refractivity contribution in [3.8, 4) is 11.5 Å². The third kappa shape index (κ3) is 5.98. The molecule has 3 aromatic carbocycles. The fourth-order valence-electron chi connectivity index (χ4n) is 4.05. The Morgan fingerprint density at radius 3 is 2.13 bits per heavy atom. The second-order valence-electron chi connectivity index (χ2n) is 8.71. The molecule has 2 aromatic heterocycles. The van der Waals surface area contributed by atoms with Gasteiger partial charge in [0.05, 0.1) is 38.0 Å². The number of fused-ring (bicyclic) bond motifs is 1. The molecule has 0 spiro atoms. The van der Waals surface area contributed by atoms with Gasteiger partial charge in [0.2, 0.25) is 0 Å². The number of rotatable bonds is 10. The molecule has 0 saturated heterocycles. The summed E-state index contributed by atoms with van der Waals surface area (Å²) in [4.78, 5) is 21.9. The lowest BCUT2D eigenvalue weighted by atomic mass is 10.1. The molecule has 0 bridgehead atoms. The fourth-order valence-corrected chi connectivity index (χ4v) is 5.02. The lowest BCUT2D eigenvalue weighted by Gasteiger charge is -2.11. The van der Waals surface area contributed by atoms with Gasteiger partial charge in [0.1, 0.15) is 11.5 Å². The van der Waals surface area contributed by atoms with E-state index in [4.69, 9.17) is 14.5 Å². The summed E-state index contributed by atoms with van der Waals surface area (Å²) < 4.78 is 12.6. The standard InChI is InChI=1S/C30H28N4O3S/c1-36-25-11-5-21(6-12-25)17-32-29(35)24-9-3-22(4-10-24)19-34-28-18-31-16-15-27(28)33-30(34)38-20-23-7-13-26(37-2)14-8-23/h3-16,18H,17,19-20H2,1-2H3,(H,32,35). The first kappa shape index (κ1) is 25.4. The number of nitrogens with zero attached hydrogens (tertiary/aromatic N) is 3. The van der Waals surface area contributed by atoms with E-state index in [1.165, 1.54) is 5.56 Å². The molecule has 7 nitrogen and oxygen atoms in total. The molecule has 0 atom stereocenters. The van der Waals surface area contributed by atoms with Crippen LogP contribution in [0.3, 0.4) is 0 Å². The Bertz CT molecular complexity index is 1510. The number of hydrogen-bond acceptors (Lipinski definition) is 6. The van der Waals surface area contributed by atoms with Gasteiger partial charge < -0.3 is 19.4 Å². The molecule has 5 rings (SSSR count). The van der Waals surface area contributed by atoms with Gasteiger partial charge in [-0.05, 0) is 59.2 Å². The molecule has 0 aliphatic carbocycles. The summed E-state index contributed by atoms with van der Waals surface area (Å²) in [7, 11) is 3.30. The number of methoxy groups -OCH3 is 2. The number of hydrogen-bond donors (Lipinski definition) is 1. The highest BCUT2D eigenvalue weighted by Gasteiger charge is 2.13. The van der Waals surface area contributed by atoms with E-state index in [2.05, 4.69) is 27.0 Å². The average molecular weight is 525 g/mol. The van der Waals surface area contributed by atoms with Crippen LogP contribution < -0.4 is 14.8 Å². The third-order valence-corrected chi connectivity index (χ3v) is 7.26. The quantitative estimate of drug-likeness (QED) is 0.236. The van der Waals surface area contributed by atoms with Crippen molar-refractivity contribution in [2.45, 2.75) is 24.0 Å². The smallest absolute Gasteiger partial charge is 0.251 e. The van der Waals surface area contributed by atoms with Gasteiger partial charge in [-0.1, -0.05) is 48.2 Å². The second kappa shape index (κ2) is 11.8. The van der Waals surface area contributed by atoms with Crippen molar-refractivity contribution in [2.24, 2.45) is 0 Å². The van der Waals surface area contributed by atoms with Crippen molar-refractivity contribution >= 4 is 28.7 Å². The second-order valence-corrected chi connectivity index (χ2v) is 9.65. The van der Waals surface area contributed by atoms with Crippen molar-refractivity contribution < 1.29 is 14.3 Å². The minimum absolute atomic E-state index is 0.111. The molecule has 38 heavy (non-hydrogen) atoms. The SMILES string of the molecule is COc1ccc(CNC(=O)c2ccc(Cn3c(SCc4ccc(OC)cc4)nc4ccncc43)cc2)cc1. The fraction of sp³-hybridized carbons (Fsp3) is 0.167. The van der Waals surface area contributed by atoms with Gasteiger partial charge >= 0.3 is 0 Å². The number of benzene rings is 3. The number of pyridine rings is 1. The van der Waals surface area contributed by atoms with Crippen LogP contribution in [-0.4, -0.2) is 34.7 Å². The maximum atomic E-state index is 12.7. The highest BCUT2D eigenvalue weighted by atomic mass is 32.2. The molecule has 0 unspecified atom stereocenters. The van der Waals surface area contributed by atoms with Crippen LogP contribution in [0.1, 0.15) is 27.0 Å². The number of amides is 1. The van der Waals surface area contributed by atoms with Gasteiger partial charge in [0, 0.05) is 24.1 Å². The summed E-state index contributed by atoms with van der Waals surface area (Å²) in [5, 5.41) is 3.90. The van der Waals surface area contributed by atoms with Crippen molar-refractivity contribution in [3.63, 3.8) is 0 Å². The van der Waals surface area contributed by atoms with E-state index in [0.717, 1.165) is 44.6 Å². The molecule has 0 saturated carbocycles. The number of carbonyl (C=O) groups is 1. The Morgan fingerprint density at radius 2 is 1.47 bits per heavy atom. The zero-order valence-corrected chi connectivity index (χ0v) is 22.1. The average Bonchev–Trinajstić information content (AvgIpc) is 3.32. The van der Waals surface area contributed by atoms with E-state index in [0.29, 0.717) is 18.7 Å². The Morgan fingerprint density at radius 1 is 0.842 bits per heavy atom. The molecule has 5 aromatic rings. The van der Waals surface area contributed by atoms with E-state index in [1.807, 2.05) is 72.9 Å². The van der Waals surface area contributed by atoms with Crippen LogP contribution in [0.25, 0.3) is 11.0 Å². The molecular formula is C30H28N4O3S. The first-order valence-corrected chi connectivity index (χ1v) is 13.2. The van der Waals surface area contributed by atoms with E-state index < -0.39 is 0 Å². The van der Waals surface area contributed by atoms with Crippen LogP contribution in [0.5, 0.6) is 11.5 Å². The zero-order valence-electron chi connectivity index (χ0n) is 21.3. The topological polar surface area (TPSA) is 78.3 Å². The largest absolute Gasteiger partial charge is 0.497 e. The molecular weight excluding hydrogens is 496 g/mol. The van der Waals surface area contributed by atoms with Crippen LogP contribution in [0.2, 0.25) is 0 Å². The molecule has 1 N–H and O–H groups in total. The number of nitrogens with one attached hydrogen (secondary N) is 1.